The van der Waals surface area contributed by atoms with Crippen LogP contribution in [0.25, 0.3) is 0 Å². The maximum atomic E-state index is 4.31. The van der Waals surface area contributed by atoms with Gasteiger partial charge < -0.3 is 4.57 Å². The molecule has 1 fully saturated rings. The fraction of sp³-hybridized carbons (Fsp3) is 0.385. The third-order valence-electron chi connectivity index (χ3n) is 3.71. The van der Waals surface area contributed by atoms with Crippen molar-refractivity contribution in [1.29, 1.82) is 0 Å². The Labute approximate surface area is 94.1 Å². The van der Waals surface area contributed by atoms with Gasteiger partial charge in [0.25, 0.3) is 0 Å². The van der Waals surface area contributed by atoms with Crippen molar-refractivity contribution in [3.05, 3.63) is 47.5 Å². The van der Waals surface area contributed by atoms with Crippen molar-refractivity contribution in [2.24, 2.45) is 0 Å². The van der Waals surface area contributed by atoms with Crippen molar-refractivity contribution in [3.63, 3.8) is 0 Å². The van der Waals surface area contributed by atoms with E-state index in [1.807, 2.05) is 6.33 Å². The van der Waals surface area contributed by atoms with Crippen molar-refractivity contribution in [1.82, 2.24) is 14.8 Å². The summed E-state index contributed by atoms with van der Waals surface area (Å²) in [5.41, 5.74) is 2.91. The zero-order chi connectivity index (χ0) is 10.5. The van der Waals surface area contributed by atoms with E-state index in [0.717, 1.165) is 6.42 Å². The number of rotatable bonds is 2. The lowest BCUT2D eigenvalue weighted by molar-refractivity contribution is 0.590. The molecule has 0 aliphatic heterocycles. The number of nitrogens with zero attached hydrogens (tertiary/aromatic N) is 3. The van der Waals surface area contributed by atoms with Gasteiger partial charge in [-0.05, 0) is 30.4 Å². The molecule has 3 heteroatoms. The molecule has 0 bridgehead atoms. The molecule has 4 rings (SSSR count). The fourth-order valence-corrected chi connectivity index (χ4v) is 2.62. The molecule has 2 aliphatic carbocycles. The Kier molecular flexibility index (Phi) is 1.56. The van der Waals surface area contributed by atoms with Gasteiger partial charge in [-0.25, -0.2) is 0 Å². The lowest BCUT2D eigenvalue weighted by Gasteiger charge is -2.29. The molecule has 1 unspecified atom stereocenters. The second-order valence-corrected chi connectivity index (χ2v) is 4.78. The summed E-state index contributed by atoms with van der Waals surface area (Å²) < 4.78 is 2.28. The summed E-state index contributed by atoms with van der Waals surface area (Å²) in [5.74, 6) is 1.65. The summed E-state index contributed by atoms with van der Waals surface area (Å²) in [4.78, 5) is 0. The molecule has 80 valence electrons. The van der Waals surface area contributed by atoms with Crippen LogP contribution in [0.1, 0.15) is 41.8 Å². The zero-order valence-electron chi connectivity index (χ0n) is 9.00. The first-order valence-corrected chi connectivity index (χ1v) is 5.90. The van der Waals surface area contributed by atoms with Crippen LogP contribution in [-0.4, -0.2) is 14.8 Å². The van der Waals surface area contributed by atoms with Crippen LogP contribution in [0, 0.1) is 0 Å². The van der Waals surface area contributed by atoms with Gasteiger partial charge in [-0.2, -0.15) is 0 Å². The second-order valence-electron chi connectivity index (χ2n) is 4.78. The highest BCUT2D eigenvalue weighted by molar-refractivity contribution is 5.44. The molecule has 2 aromatic rings. The van der Waals surface area contributed by atoms with Crippen LogP contribution in [0.3, 0.4) is 0 Å². The number of benzene rings is 1. The first-order valence-electron chi connectivity index (χ1n) is 5.90. The Morgan fingerprint density at radius 1 is 1.19 bits per heavy atom. The SMILES string of the molecule is c1ccc2c(c1)CC2c1nncn1C1CC1. The van der Waals surface area contributed by atoms with E-state index < -0.39 is 0 Å². The maximum Gasteiger partial charge on any atom is 0.140 e. The summed E-state index contributed by atoms with van der Waals surface area (Å²) in [6.45, 7) is 0. The van der Waals surface area contributed by atoms with Crippen molar-refractivity contribution < 1.29 is 0 Å². The van der Waals surface area contributed by atoms with E-state index in [1.165, 1.54) is 29.8 Å². The average Bonchev–Trinajstić information content (AvgIpc) is 3.01. The van der Waals surface area contributed by atoms with E-state index in [1.54, 1.807) is 0 Å². The lowest BCUT2D eigenvalue weighted by Crippen LogP contribution is -2.21. The zero-order valence-corrected chi connectivity index (χ0v) is 9.00. The predicted octanol–water partition coefficient (Wildman–Crippen LogP) is 2.30. The van der Waals surface area contributed by atoms with E-state index in [-0.39, 0.29) is 0 Å². The Balaban J connectivity index is 1.75. The van der Waals surface area contributed by atoms with Crippen molar-refractivity contribution >= 4 is 0 Å². The summed E-state index contributed by atoms with van der Waals surface area (Å²) in [6, 6.07) is 9.33. The minimum atomic E-state index is 0.485. The molecule has 0 saturated heterocycles. The third kappa shape index (κ3) is 1.08. The van der Waals surface area contributed by atoms with Gasteiger partial charge in [-0.3, -0.25) is 0 Å². The highest BCUT2D eigenvalue weighted by atomic mass is 15.3. The molecule has 16 heavy (non-hydrogen) atoms. The van der Waals surface area contributed by atoms with E-state index in [9.17, 15) is 0 Å². The maximum absolute atomic E-state index is 4.31. The first kappa shape index (κ1) is 8.50. The van der Waals surface area contributed by atoms with Crippen LogP contribution in [0.4, 0.5) is 0 Å². The van der Waals surface area contributed by atoms with Crippen LogP contribution >= 0.6 is 0 Å². The van der Waals surface area contributed by atoms with Gasteiger partial charge in [0.05, 0.1) is 0 Å². The van der Waals surface area contributed by atoms with E-state index in [0.29, 0.717) is 12.0 Å². The smallest absolute Gasteiger partial charge is 0.140 e. The molecule has 0 amide bonds. The Bertz CT molecular complexity index is 540. The van der Waals surface area contributed by atoms with Gasteiger partial charge in [0.15, 0.2) is 0 Å². The van der Waals surface area contributed by atoms with Crippen LogP contribution in [-0.2, 0) is 6.42 Å². The van der Waals surface area contributed by atoms with E-state index in [2.05, 4.69) is 39.0 Å². The van der Waals surface area contributed by atoms with Gasteiger partial charge in [-0.1, -0.05) is 24.3 Å². The van der Waals surface area contributed by atoms with Crippen LogP contribution in [0.2, 0.25) is 0 Å². The predicted molar refractivity (Wildman–Crippen MR) is 60.3 cm³/mol. The number of aromatic nitrogens is 3. The number of hydrogen-bond donors (Lipinski definition) is 0. The Hall–Kier alpha value is -1.64. The van der Waals surface area contributed by atoms with Gasteiger partial charge >= 0.3 is 0 Å². The van der Waals surface area contributed by atoms with Crippen molar-refractivity contribution in [2.45, 2.75) is 31.2 Å². The van der Waals surface area contributed by atoms with Crippen molar-refractivity contribution in [2.75, 3.05) is 0 Å². The largest absolute Gasteiger partial charge is 0.314 e. The number of fused-ring (bicyclic) bond motifs is 1. The van der Waals surface area contributed by atoms with Crippen LogP contribution in [0.15, 0.2) is 30.6 Å². The lowest BCUT2D eigenvalue weighted by atomic mass is 9.77. The van der Waals surface area contributed by atoms with Gasteiger partial charge in [0, 0.05) is 12.0 Å². The Morgan fingerprint density at radius 3 is 2.88 bits per heavy atom. The van der Waals surface area contributed by atoms with Crippen LogP contribution in [0.5, 0.6) is 0 Å². The molecular formula is C13H13N3. The molecule has 0 spiro atoms. The highest BCUT2D eigenvalue weighted by Crippen LogP contribution is 2.43. The average molecular weight is 211 g/mol. The molecule has 1 heterocycles. The highest BCUT2D eigenvalue weighted by Gasteiger charge is 2.34. The Morgan fingerprint density at radius 2 is 2.06 bits per heavy atom. The minimum Gasteiger partial charge on any atom is -0.314 e. The standard InChI is InChI=1S/C13H13N3/c1-2-4-11-9(3-1)7-12(11)13-15-14-8-16(13)10-5-6-10/h1-4,8,10,12H,5-7H2. The van der Waals surface area contributed by atoms with Crippen LogP contribution < -0.4 is 0 Å². The number of hydrogen-bond acceptors (Lipinski definition) is 2. The fourth-order valence-electron chi connectivity index (χ4n) is 2.62. The molecule has 0 N–H and O–H groups in total. The molecule has 2 aliphatic rings. The molecule has 0 radical (unpaired) electrons. The summed E-state index contributed by atoms with van der Waals surface area (Å²) >= 11 is 0. The van der Waals surface area contributed by atoms with Crippen molar-refractivity contribution in [3.8, 4) is 0 Å². The summed E-state index contributed by atoms with van der Waals surface area (Å²) in [7, 11) is 0. The van der Waals surface area contributed by atoms with Gasteiger partial charge in [0.1, 0.15) is 12.2 Å². The molecular weight excluding hydrogens is 198 g/mol. The monoisotopic (exact) mass is 211 g/mol. The second kappa shape index (κ2) is 2.94. The minimum absolute atomic E-state index is 0.485. The topological polar surface area (TPSA) is 30.7 Å². The van der Waals surface area contributed by atoms with Gasteiger partial charge in [-0.15, -0.1) is 10.2 Å². The quantitative estimate of drug-likeness (QED) is 0.763. The third-order valence-corrected chi connectivity index (χ3v) is 3.71. The summed E-state index contributed by atoms with van der Waals surface area (Å²) in [6.07, 6.45) is 5.61. The first-order chi connectivity index (χ1) is 7.93. The molecule has 1 atom stereocenters. The molecule has 3 nitrogen and oxygen atoms in total. The van der Waals surface area contributed by atoms with Gasteiger partial charge in [0.2, 0.25) is 0 Å². The van der Waals surface area contributed by atoms with E-state index >= 15 is 0 Å². The molecule has 1 aromatic heterocycles. The molecule has 1 saturated carbocycles. The van der Waals surface area contributed by atoms with E-state index in [4.69, 9.17) is 0 Å². The molecule has 1 aromatic carbocycles. The summed E-state index contributed by atoms with van der Waals surface area (Å²) in [5, 5.41) is 8.38. The normalized spacial score (nSPS) is 22.6.